The fraction of sp³-hybridized carbons (Fsp3) is 0.500. The molecule has 0 spiro atoms. The van der Waals surface area contributed by atoms with Crippen LogP contribution in [0, 0.1) is 5.92 Å². The third-order valence-electron chi connectivity index (χ3n) is 2.70. The molecular weight excluding hydrogens is 282 g/mol. The Hall–Kier alpha value is -0.920. The van der Waals surface area contributed by atoms with Crippen molar-refractivity contribution in [3.63, 3.8) is 0 Å². The van der Waals surface area contributed by atoms with Crippen LogP contribution in [0.25, 0.3) is 0 Å². The van der Waals surface area contributed by atoms with Gasteiger partial charge in [-0.25, -0.2) is 13.1 Å². The Labute approximate surface area is 119 Å². The van der Waals surface area contributed by atoms with Crippen molar-refractivity contribution in [1.82, 2.24) is 4.72 Å². The fourth-order valence-electron chi connectivity index (χ4n) is 1.60. The van der Waals surface area contributed by atoms with E-state index in [1.165, 1.54) is 13.1 Å². The topological polar surface area (TPSA) is 84.2 Å². The van der Waals surface area contributed by atoms with Gasteiger partial charge in [0.25, 0.3) is 0 Å². The zero-order valence-electron chi connectivity index (χ0n) is 11.4. The van der Waals surface area contributed by atoms with Crippen molar-refractivity contribution < 1.29 is 8.42 Å². The first kappa shape index (κ1) is 16.1. The van der Waals surface area contributed by atoms with Gasteiger partial charge in [0.1, 0.15) is 0 Å². The highest BCUT2D eigenvalue weighted by molar-refractivity contribution is 7.98. The number of thioether (sulfide) groups is 1. The van der Waals surface area contributed by atoms with Crippen molar-refractivity contribution in [2.75, 3.05) is 36.7 Å². The molecule has 0 saturated carbocycles. The van der Waals surface area contributed by atoms with Crippen LogP contribution < -0.4 is 15.8 Å². The number of sulfonamides is 1. The Kier molecular flexibility index (Phi) is 5.96. The Morgan fingerprint density at radius 1 is 1.42 bits per heavy atom. The van der Waals surface area contributed by atoms with Gasteiger partial charge in [-0.05, 0) is 43.2 Å². The summed E-state index contributed by atoms with van der Waals surface area (Å²) in [4.78, 5) is 0.212. The smallest absolute Gasteiger partial charge is 0.240 e. The number of nitrogens with two attached hydrogens (primary N) is 1. The average molecular weight is 303 g/mol. The lowest BCUT2D eigenvalue weighted by atomic mass is 10.2. The summed E-state index contributed by atoms with van der Waals surface area (Å²) in [7, 11) is -2.05. The fourth-order valence-corrected chi connectivity index (χ4v) is 3.04. The molecule has 19 heavy (non-hydrogen) atoms. The van der Waals surface area contributed by atoms with E-state index in [9.17, 15) is 8.42 Å². The number of anilines is 2. The molecule has 0 bridgehead atoms. The van der Waals surface area contributed by atoms with E-state index in [1.807, 2.05) is 0 Å². The summed E-state index contributed by atoms with van der Waals surface area (Å²) in [5, 5.41) is 3.20. The van der Waals surface area contributed by atoms with Gasteiger partial charge in [0.15, 0.2) is 0 Å². The lowest BCUT2D eigenvalue weighted by Gasteiger charge is -2.15. The molecule has 1 aromatic carbocycles. The van der Waals surface area contributed by atoms with Crippen molar-refractivity contribution in [1.29, 1.82) is 0 Å². The van der Waals surface area contributed by atoms with Gasteiger partial charge in [-0.1, -0.05) is 6.92 Å². The molecule has 1 rings (SSSR count). The molecule has 0 aromatic heterocycles. The van der Waals surface area contributed by atoms with Gasteiger partial charge in [0.2, 0.25) is 10.0 Å². The van der Waals surface area contributed by atoms with Crippen LogP contribution in [0.2, 0.25) is 0 Å². The monoisotopic (exact) mass is 303 g/mol. The van der Waals surface area contributed by atoms with Crippen LogP contribution in [-0.4, -0.2) is 34.0 Å². The Morgan fingerprint density at radius 3 is 2.68 bits per heavy atom. The van der Waals surface area contributed by atoms with Gasteiger partial charge in [0, 0.05) is 6.54 Å². The van der Waals surface area contributed by atoms with Crippen molar-refractivity contribution in [3.8, 4) is 0 Å². The van der Waals surface area contributed by atoms with Crippen LogP contribution in [0.3, 0.4) is 0 Å². The quantitative estimate of drug-likeness (QED) is 0.666. The highest BCUT2D eigenvalue weighted by Gasteiger charge is 2.13. The second kappa shape index (κ2) is 7.02. The summed E-state index contributed by atoms with van der Waals surface area (Å²) < 4.78 is 25.7. The summed E-state index contributed by atoms with van der Waals surface area (Å²) in [6.45, 7) is 2.89. The van der Waals surface area contributed by atoms with Crippen LogP contribution in [0.15, 0.2) is 23.1 Å². The molecule has 0 heterocycles. The van der Waals surface area contributed by atoms with Gasteiger partial charge in [-0.2, -0.15) is 11.8 Å². The standard InChI is InChI=1S/C12H21N3O2S2/c1-9(8-18-3)7-15-12-6-10(4-5-11(12)13)19(16,17)14-2/h4-6,9,14-15H,7-8,13H2,1-3H3. The molecule has 1 aromatic rings. The lowest BCUT2D eigenvalue weighted by molar-refractivity contribution is 0.588. The molecule has 0 aliphatic rings. The van der Waals surface area contributed by atoms with Gasteiger partial charge in [-0.3, -0.25) is 0 Å². The van der Waals surface area contributed by atoms with Crippen molar-refractivity contribution in [2.24, 2.45) is 5.92 Å². The summed E-state index contributed by atoms with van der Waals surface area (Å²) >= 11 is 1.78. The Morgan fingerprint density at radius 2 is 2.11 bits per heavy atom. The van der Waals surface area contributed by atoms with E-state index in [0.717, 1.165) is 12.3 Å². The van der Waals surface area contributed by atoms with Crippen molar-refractivity contribution in [2.45, 2.75) is 11.8 Å². The first-order valence-electron chi connectivity index (χ1n) is 5.96. The number of hydrogen-bond donors (Lipinski definition) is 3. The van der Waals surface area contributed by atoms with Crippen molar-refractivity contribution >= 4 is 33.2 Å². The maximum Gasteiger partial charge on any atom is 0.240 e. The molecular formula is C12H21N3O2S2. The first-order valence-corrected chi connectivity index (χ1v) is 8.84. The minimum Gasteiger partial charge on any atom is -0.397 e. The number of nitrogen functional groups attached to an aromatic ring is 1. The van der Waals surface area contributed by atoms with Gasteiger partial charge >= 0.3 is 0 Å². The van der Waals surface area contributed by atoms with Crippen molar-refractivity contribution in [3.05, 3.63) is 18.2 Å². The molecule has 108 valence electrons. The molecule has 7 heteroatoms. The van der Waals surface area contributed by atoms with E-state index < -0.39 is 10.0 Å². The van der Waals surface area contributed by atoms with E-state index in [-0.39, 0.29) is 4.90 Å². The van der Waals surface area contributed by atoms with E-state index >= 15 is 0 Å². The zero-order valence-corrected chi connectivity index (χ0v) is 13.1. The third kappa shape index (κ3) is 4.59. The number of nitrogens with one attached hydrogen (secondary N) is 2. The molecule has 0 amide bonds. The number of benzene rings is 1. The van der Waals surface area contributed by atoms with Crippen LogP contribution in [0.4, 0.5) is 11.4 Å². The molecule has 5 nitrogen and oxygen atoms in total. The average Bonchev–Trinajstić information content (AvgIpc) is 2.38. The predicted molar refractivity (Wildman–Crippen MR) is 83.1 cm³/mol. The second-order valence-electron chi connectivity index (χ2n) is 4.40. The van der Waals surface area contributed by atoms with Crippen LogP contribution in [-0.2, 0) is 10.0 Å². The Balaban J connectivity index is 2.87. The molecule has 1 unspecified atom stereocenters. The minimum atomic E-state index is -3.44. The minimum absolute atomic E-state index is 0.212. The molecule has 0 saturated heterocycles. The summed E-state index contributed by atoms with van der Waals surface area (Å²) in [5.74, 6) is 1.53. The van der Waals surface area contributed by atoms with Crippen LogP contribution in [0.1, 0.15) is 6.92 Å². The Bertz CT molecular complexity index is 518. The molecule has 1 atom stereocenters. The number of hydrogen-bond acceptors (Lipinski definition) is 5. The largest absolute Gasteiger partial charge is 0.397 e. The molecule has 0 radical (unpaired) electrons. The second-order valence-corrected chi connectivity index (χ2v) is 7.20. The molecule has 0 aliphatic heterocycles. The highest BCUT2D eigenvalue weighted by atomic mass is 32.2. The maximum atomic E-state index is 11.7. The van der Waals surface area contributed by atoms with Gasteiger partial charge in [0.05, 0.1) is 16.3 Å². The zero-order chi connectivity index (χ0) is 14.5. The number of rotatable bonds is 7. The van der Waals surface area contributed by atoms with Crippen LogP contribution in [0.5, 0.6) is 0 Å². The van der Waals surface area contributed by atoms with Gasteiger partial charge in [-0.15, -0.1) is 0 Å². The van der Waals surface area contributed by atoms with Crippen LogP contribution >= 0.6 is 11.8 Å². The molecule has 4 N–H and O–H groups in total. The lowest BCUT2D eigenvalue weighted by Crippen LogP contribution is -2.19. The predicted octanol–water partition coefficient (Wildman–Crippen LogP) is 1.59. The van der Waals surface area contributed by atoms with E-state index in [4.69, 9.17) is 5.73 Å². The molecule has 0 aliphatic carbocycles. The third-order valence-corrected chi connectivity index (χ3v) is 5.01. The summed E-state index contributed by atoms with van der Waals surface area (Å²) in [6.07, 6.45) is 2.06. The first-order chi connectivity index (χ1) is 8.90. The normalized spacial score (nSPS) is 13.2. The summed E-state index contributed by atoms with van der Waals surface area (Å²) in [6, 6.07) is 4.66. The highest BCUT2D eigenvalue weighted by Crippen LogP contribution is 2.23. The van der Waals surface area contributed by atoms with E-state index in [0.29, 0.717) is 17.3 Å². The van der Waals surface area contributed by atoms with E-state index in [1.54, 1.807) is 23.9 Å². The maximum absolute atomic E-state index is 11.7. The summed E-state index contributed by atoms with van der Waals surface area (Å²) in [5.41, 5.74) is 7.06. The van der Waals surface area contributed by atoms with E-state index in [2.05, 4.69) is 23.2 Å². The SMILES string of the molecule is CNS(=O)(=O)c1ccc(N)c(NCC(C)CSC)c1. The van der Waals surface area contributed by atoms with Gasteiger partial charge < -0.3 is 11.1 Å². The molecule has 0 fully saturated rings.